The molecule has 154 valence electrons. The van der Waals surface area contributed by atoms with E-state index >= 15 is 0 Å². The largest absolute Gasteiger partial charge is 0.507 e. The summed E-state index contributed by atoms with van der Waals surface area (Å²) < 4.78 is 6.26. The van der Waals surface area contributed by atoms with E-state index in [1.165, 1.54) is 0 Å². The average Bonchev–Trinajstić information content (AvgIpc) is 2.79. The van der Waals surface area contributed by atoms with Gasteiger partial charge >= 0.3 is 0 Å². The van der Waals surface area contributed by atoms with Gasteiger partial charge in [-0.25, -0.2) is 0 Å². The number of rotatable bonds is 8. The maximum absolute atomic E-state index is 10.7. The molecule has 0 heterocycles. The van der Waals surface area contributed by atoms with Gasteiger partial charge in [-0.2, -0.15) is 0 Å². The fourth-order valence-corrected chi connectivity index (χ4v) is 4.90. The smallest absolute Gasteiger partial charge is 0.133 e. The first-order chi connectivity index (χ1) is 14.7. The molecule has 0 spiro atoms. The van der Waals surface area contributed by atoms with Crippen LogP contribution in [0.1, 0.15) is 13.8 Å². The topological polar surface area (TPSA) is 32.7 Å². The van der Waals surface area contributed by atoms with Crippen molar-refractivity contribution in [1.29, 1.82) is 0 Å². The summed E-state index contributed by atoms with van der Waals surface area (Å²) in [5.74, 6) is 1.15. The van der Waals surface area contributed by atoms with Gasteiger partial charge in [0.15, 0.2) is 0 Å². The summed E-state index contributed by atoms with van der Waals surface area (Å²) in [4.78, 5) is 4.25. The van der Waals surface area contributed by atoms with Gasteiger partial charge in [-0.3, -0.25) is 0 Å². The summed E-state index contributed by atoms with van der Waals surface area (Å²) in [6, 6.07) is 24.4. The summed E-state index contributed by atoms with van der Waals surface area (Å²) in [5.41, 5.74) is 0. The molecule has 3 nitrogen and oxygen atoms in total. The van der Waals surface area contributed by atoms with Crippen molar-refractivity contribution >= 4 is 33.3 Å². The van der Waals surface area contributed by atoms with Crippen molar-refractivity contribution in [2.24, 2.45) is 0 Å². The van der Waals surface area contributed by atoms with Crippen molar-refractivity contribution in [2.45, 2.75) is 23.6 Å². The van der Waals surface area contributed by atoms with E-state index in [-0.39, 0.29) is 0 Å². The quantitative estimate of drug-likeness (QED) is 0.351. The van der Waals surface area contributed by atoms with Gasteiger partial charge in [-0.1, -0.05) is 86.3 Å². The number of phenols is 1. The summed E-state index contributed by atoms with van der Waals surface area (Å²) in [6.45, 7) is 7.90. The first-order valence-electron chi connectivity index (χ1n) is 10.5. The Balaban J connectivity index is 1.75. The Labute approximate surface area is 182 Å². The minimum Gasteiger partial charge on any atom is -0.507 e. The Bertz CT molecular complexity index is 1150. The Morgan fingerprint density at radius 1 is 0.767 bits per heavy atom. The molecule has 0 atom stereocenters. The molecule has 4 heteroatoms. The van der Waals surface area contributed by atoms with Gasteiger partial charge in [0.2, 0.25) is 0 Å². The number of ether oxygens (including phenoxy) is 1. The van der Waals surface area contributed by atoms with Crippen LogP contribution in [0.25, 0.3) is 21.5 Å². The van der Waals surface area contributed by atoms with Crippen molar-refractivity contribution in [3.8, 4) is 11.5 Å². The molecule has 0 aliphatic rings. The number of fused-ring (bicyclic) bond motifs is 2. The number of hydrogen-bond donors (Lipinski definition) is 1. The lowest BCUT2D eigenvalue weighted by molar-refractivity contribution is 0.220. The van der Waals surface area contributed by atoms with Crippen LogP contribution < -0.4 is 4.74 Å². The number of nitrogens with zero attached hydrogens (tertiary/aromatic N) is 1. The molecule has 0 bridgehead atoms. The number of hydrogen-bond acceptors (Lipinski definition) is 4. The van der Waals surface area contributed by atoms with Crippen LogP contribution in [0.2, 0.25) is 0 Å². The van der Waals surface area contributed by atoms with Crippen LogP contribution in [0.4, 0.5) is 0 Å². The minimum atomic E-state index is 0.292. The highest BCUT2D eigenvalue weighted by Crippen LogP contribution is 2.46. The van der Waals surface area contributed by atoms with Crippen LogP contribution in [0.3, 0.4) is 0 Å². The zero-order valence-corrected chi connectivity index (χ0v) is 18.3. The fraction of sp³-hybridized carbons (Fsp3) is 0.231. The molecule has 0 radical (unpaired) electrons. The zero-order chi connectivity index (χ0) is 20.9. The van der Waals surface area contributed by atoms with Crippen LogP contribution in [-0.4, -0.2) is 36.2 Å². The summed E-state index contributed by atoms with van der Waals surface area (Å²) in [6.07, 6.45) is 0. The van der Waals surface area contributed by atoms with Gasteiger partial charge in [0.1, 0.15) is 18.1 Å². The molecule has 1 N–H and O–H groups in total. The Morgan fingerprint density at radius 3 is 2.03 bits per heavy atom. The van der Waals surface area contributed by atoms with E-state index in [9.17, 15) is 5.11 Å². The van der Waals surface area contributed by atoms with Crippen LogP contribution >= 0.6 is 11.8 Å². The number of aromatic hydroxyl groups is 1. The lowest BCUT2D eigenvalue weighted by Crippen LogP contribution is -2.27. The molecule has 0 saturated heterocycles. The zero-order valence-electron chi connectivity index (χ0n) is 17.5. The number of likely N-dealkylation sites (N-methyl/N-ethyl adjacent to an activating group) is 1. The molecule has 4 aromatic rings. The van der Waals surface area contributed by atoms with Crippen molar-refractivity contribution in [1.82, 2.24) is 4.90 Å². The maximum atomic E-state index is 10.7. The molecule has 0 aliphatic heterocycles. The molecular formula is C26H27NO2S. The molecule has 0 amide bonds. The second kappa shape index (κ2) is 9.41. The van der Waals surface area contributed by atoms with Gasteiger partial charge in [-0.05, 0) is 46.8 Å². The molecule has 0 fully saturated rings. The van der Waals surface area contributed by atoms with E-state index in [1.807, 2.05) is 24.3 Å². The van der Waals surface area contributed by atoms with E-state index in [0.29, 0.717) is 12.4 Å². The molecule has 0 aliphatic carbocycles. The predicted octanol–water partition coefficient (Wildman–Crippen LogP) is 6.57. The highest BCUT2D eigenvalue weighted by atomic mass is 32.2. The van der Waals surface area contributed by atoms with Gasteiger partial charge in [-0.15, -0.1) is 0 Å². The van der Waals surface area contributed by atoms with Crippen molar-refractivity contribution in [3.05, 3.63) is 72.8 Å². The first kappa shape index (κ1) is 20.6. The highest BCUT2D eigenvalue weighted by molar-refractivity contribution is 8.00. The Hall–Kier alpha value is -2.69. The van der Waals surface area contributed by atoms with Crippen LogP contribution in [0, 0.1) is 0 Å². The average molecular weight is 418 g/mol. The van der Waals surface area contributed by atoms with Gasteiger partial charge < -0.3 is 14.7 Å². The van der Waals surface area contributed by atoms with Gasteiger partial charge in [0.05, 0.1) is 9.79 Å². The van der Waals surface area contributed by atoms with E-state index in [2.05, 4.69) is 61.2 Å². The Kier molecular flexibility index (Phi) is 6.46. The third-order valence-corrected chi connectivity index (χ3v) is 6.72. The van der Waals surface area contributed by atoms with E-state index < -0.39 is 0 Å². The molecule has 0 unspecified atom stereocenters. The van der Waals surface area contributed by atoms with E-state index in [1.54, 1.807) is 17.8 Å². The van der Waals surface area contributed by atoms with E-state index in [0.717, 1.165) is 56.7 Å². The Morgan fingerprint density at radius 2 is 1.37 bits per heavy atom. The lowest BCUT2D eigenvalue weighted by Gasteiger charge is -2.20. The second-order valence-electron chi connectivity index (χ2n) is 7.23. The number of phenolic OH excluding ortho intramolecular Hbond substituents is 1. The molecular weight excluding hydrogens is 390 g/mol. The molecule has 4 aromatic carbocycles. The molecule has 30 heavy (non-hydrogen) atoms. The number of benzene rings is 4. The van der Waals surface area contributed by atoms with E-state index in [4.69, 9.17) is 4.74 Å². The molecule has 0 aromatic heterocycles. The normalized spacial score (nSPS) is 11.4. The minimum absolute atomic E-state index is 0.292. The maximum Gasteiger partial charge on any atom is 0.133 e. The van der Waals surface area contributed by atoms with Gasteiger partial charge in [0, 0.05) is 6.54 Å². The van der Waals surface area contributed by atoms with Crippen LogP contribution in [-0.2, 0) is 0 Å². The summed E-state index contributed by atoms with van der Waals surface area (Å²) >= 11 is 1.58. The molecule has 0 saturated carbocycles. The fourth-order valence-electron chi connectivity index (χ4n) is 3.71. The monoisotopic (exact) mass is 417 g/mol. The second-order valence-corrected chi connectivity index (χ2v) is 8.25. The van der Waals surface area contributed by atoms with Crippen molar-refractivity contribution in [2.75, 3.05) is 26.2 Å². The van der Waals surface area contributed by atoms with Crippen LogP contribution in [0.15, 0.2) is 82.6 Å². The van der Waals surface area contributed by atoms with Gasteiger partial charge in [0.25, 0.3) is 0 Å². The van der Waals surface area contributed by atoms with Crippen molar-refractivity contribution in [3.63, 3.8) is 0 Å². The SMILES string of the molecule is CCN(CC)CCOc1ccc2ccccc2c1Sc1c(O)ccc2ccccc12. The third kappa shape index (κ3) is 4.25. The summed E-state index contributed by atoms with van der Waals surface area (Å²) in [5, 5.41) is 15.1. The highest BCUT2D eigenvalue weighted by Gasteiger charge is 2.15. The molecule has 4 rings (SSSR count). The first-order valence-corrected chi connectivity index (χ1v) is 11.3. The standard InChI is InChI=1S/C26H27NO2S/c1-3-27(4-2)17-18-29-24-16-14-20-10-6-8-12-22(20)26(24)30-25-21-11-7-5-9-19(21)13-15-23(25)28/h5-16,28H,3-4,17-18H2,1-2H3. The summed E-state index contributed by atoms with van der Waals surface area (Å²) in [7, 11) is 0. The van der Waals surface area contributed by atoms with Crippen LogP contribution in [0.5, 0.6) is 11.5 Å². The third-order valence-electron chi connectivity index (χ3n) is 5.47. The lowest BCUT2D eigenvalue weighted by atomic mass is 10.1. The van der Waals surface area contributed by atoms with Crippen molar-refractivity contribution < 1.29 is 9.84 Å². The predicted molar refractivity (Wildman–Crippen MR) is 127 cm³/mol.